The Morgan fingerprint density at radius 1 is 1.32 bits per heavy atom. The Bertz CT molecular complexity index is 682. The van der Waals surface area contributed by atoms with Crippen molar-refractivity contribution in [2.75, 3.05) is 0 Å². The zero-order valence-corrected chi connectivity index (χ0v) is 10.6. The fourth-order valence-corrected chi connectivity index (χ4v) is 1.99. The van der Waals surface area contributed by atoms with Crippen LogP contribution in [0.15, 0.2) is 41.2 Å². The summed E-state index contributed by atoms with van der Waals surface area (Å²) in [5.74, 6) is -0.0996. The van der Waals surface area contributed by atoms with Gasteiger partial charge in [0.15, 0.2) is 5.88 Å². The highest BCUT2D eigenvalue weighted by atomic mass is 16.3. The third-order valence-corrected chi connectivity index (χ3v) is 3.05. The van der Waals surface area contributed by atoms with Gasteiger partial charge < -0.3 is 5.11 Å². The molecular formula is C15H14N2O2. The van der Waals surface area contributed by atoms with E-state index in [-0.39, 0.29) is 11.4 Å². The average molecular weight is 254 g/mol. The van der Waals surface area contributed by atoms with Crippen molar-refractivity contribution in [2.45, 2.75) is 19.9 Å². The normalized spacial score (nSPS) is 10.1. The van der Waals surface area contributed by atoms with Crippen molar-refractivity contribution in [3.8, 4) is 11.9 Å². The fraction of sp³-hybridized carbons (Fsp3) is 0.200. The van der Waals surface area contributed by atoms with Gasteiger partial charge in [-0.2, -0.15) is 5.26 Å². The SMILES string of the molecule is Cc1cc(O)n(CCc2ccccc2)c(=O)c1C#N. The van der Waals surface area contributed by atoms with Crippen LogP contribution in [0.25, 0.3) is 0 Å². The van der Waals surface area contributed by atoms with Crippen molar-refractivity contribution in [3.05, 3.63) is 63.4 Å². The molecule has 1 aromatic carbocycles. The molecule has 2 aromatic rings. The summed E-state index contributed by atoms with van der Waals surface area (Å²) >= 11 is 0. The van der Waals surface area contributed by atoms with E-state index in [1.807, 2.05) is 36.4 Å². The van der Waals surface area contributed by atoms with Crippen LogP contribution in [0.2, 0.25) is 0 Å². The number of nitriles is 1. The lowest BCUT2D eigenvalue weighted by Crippen LogP contribution is -2.24. The van der Waals surface area contributed by atoms with Gasteiger partial charge in [-0.1, -0.05) is 30.3 Å². The summed E-state index contributed by atoms with van der Waals surface area (Å²) in [6.07, 6.45) is 0.627. The minimum atomic E-state index is -0.434. The Kier molecular flexibility index (Phi) is 3.67. The molecule has 1 heterocycles. The highest BCUT2D eigenvalue weighted by Crippen LogP contribution is 2.12. The first-order chi connectivity index (χ1) is 9.13. The summed E-state index contributed by atoms with van der Waals surface area (Å²) in [6, 6.07) is 13.0. The second-order valence-corrected chi connectivity index (χ2v) is 4.36. The van der Waals surface area contributed by atoms with Gasteiger partial charge in [0.1, 0.15) is 11.6 Å². The molecule has 0 aliphatic carbocycles. The number of nitrogens with zero attached hydrogens (tertiary/aromatic N) is 2. The molecule has 0 radical (unpaired) electrons. The summed E-state index contributed by atoms with van der Waals surface area (Å²) in [6.45, 7) is 1.99. The van der Waals surface area contributed by atoms with E-state index >= 15 is 0 Å². The Balaban J connectivity index is 2.32. The maximum atomic E-state index is 12.0. The Morgan fingerprint density at radius 3 is 2.63 bits per heavy atom. The minimum Gasteiger partial charge on any atom is -0.494 e. The van der Waals surface area contributed by atoms with Gasteiger partial charge >= 0.3 is 0 Å². The predicted molar refractivity (Wildman–Crippen MR) is 72.0 cm³/mol. The van der Waals surface area contributed by atoms with Crippen LogP contribution in [-0.4, -0.2) is 9.67 Å². The van der Waals surface area contributed by atoms with Gasteiger partial charge in [-0.3, -0.25) is 9.36 Å². The van der Waals surface area contributed by atoms with E-state index in [1.165, 1.54) is 10.6 Å². The number of benzene rings is 1. The number of rotatable bonds is 3. The van der Waals surface area contributed by atoms with Gasteiger partial charge in [0.2, 0.25) is 0 Å². The van der Waals surface area contributed by atoms with Crippen LogP contribution in [0.1, 0.15) is 16.7 Å². The van der Waals surface area contributed by atoms with Gasteiger partial charge in [-0.05, 0) is 24.5 Å². The number of aryl methyl sites for hydroxylation is 2. The summed E-state index contributed by atoms with van der Waals surface area (Å²) in [7, 11) is 0. The predicted octanol–water partition coefficient (Wildman–Crippen LogP) is 1.98. The van der Waals surface area contributed by atoms with Gasteiger partial charge in [-0.15, -0.1) is 0 Å². The van der Waals surface area contributed by atoms with Crippen LogP contribution in [-0.2, 0) is 13.0 Å². The van der Waals surface area contributed by atoms with Crippen LogP contribution in [0.4, 0.5) is 0 Å². The molecule has 1 N–H and O–H groups in total. The van der Waals surface area contributed by atoms with E-state index in [4.69, 9.17) is 5.26 Å². The molecule has 0 aliphatic heterocycles. The topological polar surface area (TPSA) is 66.0 Å². The quantitative estimate of drug-likeness (QED) is 0.910. The van der Waals surface area contributed by atoms with Gasteiger partial charge in [0.05, 0.1) is 0 Å². The molecule has 0 unspecified atom stereocenters. The van der Waals surface area contributed by atoms with Crippen molar-refractivity contribution >= 4 is 0 Å². The third-order valence-electron chi connectivity index (χ3n) is 3.05. The van der Waals surface area contributed by atoms with Crippen molar-refractivity contribution in [2.24, 2.45) is 0 Å². The molecule has 0 atom stereocenters. The van der Waals surface area contributed by atoms with Gasteiger partial charge in [0.25, 0.3) is 5.56 Å². The van der Waals surface area contributed by atoms with Gasteiger partial charge in [0, 0.05) is 12.6 Å². The number of pyridine rings is 1. The van der Waals surface area contributed by atoms with E-state index in [2.05, 4.69) is 0 Å². The van der Waals surface area contributed by atoms with Crippen LogP contribution in [0.5, 0.6) is 5.88 Å². The largest absolute Gasteiger partial charge is 0.494 e. The van der Waals surface area contributed by atoms with Crippen molar-refractivity contribution in [1.29, 1.82) is 5.26 Å². The molecule has 0 aliphatic rings. The molecule has 96 valence electrons. The first-order valence-electron chi connectivity index (χ1n) is 6.01. The van der Waals surface area contributed by atoms with E-state index in [0.29, 0.717) is 18.5 Å². The number of aromatic hydroxyl groups is 1. The highest BCUT2D eigenvalue weighted by Gasteiger charge is 2.11. The molecule has 0 saturated heterocycles. The highest BCUT2D eigenvalue weighted by molar-refractivity contribution is 5.37. The van der Waals surface area contributed by atoms with Crippen molar-refractivity contribution in [3.63, 3.8) is 0 Å². The Labute approximate surface area is 111 Å². The molecule has 0 saturated carbocycles. The fourth-order valence-electron chi connectivity index (χ4n) is 1.99. The Morgan fingerprint density at radius 2 is 2.00 bits per heavy atom. The monoisotopic (exact) mass is 254 g/mol. The van der Waals surface area contributed by atoms with Crippen LogP contribution < -0.4 is 5.56 Å². The molecule has 0 amide bonds. The van der Waals surface area contributed by atoms with Crippen LogP contribution in [0, 0.1) is 18.3 Å². The summed E-state index contributed by atoms with van der Waals surface area (Å²) in [5, 5.41) is 18.8. The van der Waals surface area contributed by atoms with Crippen molar-refractivity contribution in [1.82, 2.24) is 4.57 Å². The zero-order chi connectivity index (χ0) is 13.8. The van der Waals surface area contributed by atoms with Crippen LogP contribution in [0.3, 0.4) is 0 Å². The first kappa shape index (κ1) is 12.9. The van der Waals surface area contributed by atoms with E-state index in [9.17, 15) is 9.90 Å². The van der Waals surface area contributed by atoms with E-state index < -0.39 is 5.56 Å². The molecule has 0 spiro atoms. The first-order valence-corrected chi connectivity index (χ1v) is 6.01. The summed E-state index contributed by atoms with van der Waals surface area (Å²) in [4.78, 5) is 12.0. The lowest BCUT2D eigenvalue weighted by atomic mass is 10.1. The van der Waals surface area contributed by atoms with Gasteiger partial charge in [-0.25, -0.2) is 0 Å². The molecule has 0 fully saturated rings. The molecule has 0 bridgehead atoms. The molecule has 4 heteroatoms. The molecular weight excluding hydrogens is 240 g/mol. The molecule has 19 heavy (non-hydrogen) atoms. The molecule has 2 rings (SSSR count). The lowest BCUT2D eigenvalue weighted by molar-refractivity contribution is 0.405. The maximum absolute atomic E-state index is 12.0. The van der Waals surface area contributed by atoms with E-state index in [0.717, 1.165) is 5.56 Å². The van der Waals surface area contributed by atoms with Crippen LogP contribution >= 0.6 is 0 Å². The maximum Gasteiger partial charge on any atom is 0.271 e. The zero-order valence-electron chi connectivity index (χ0n) is 10.6. The number of hydrogen-bond donors (Lipinski definition) is 1. The van der Waals surface area contributed by atoms with Crippen molar-refractivity contribution < 1.29 is 5.11 Å². The number of hydrogen-bond acceptors (Lipinski definition) is 3. The average Bonchev–Trinajstić information content (AvgIpc) is 2.39. The van der Waals surface area contributed by atoms with E-state index in [1.54, 1.807) is 6.92 Å². The summed E-state index contributed by atoms with van der Waals surface area (Å²) in [5.41, 5.74) is 1.23. The third kappa shape index (κ3) is 2.66. The second-order valence-electron chi connectivity index (χ2n) is 4.36. The smallest absolute Gasteiger partial charge is 0.271 e. The standard InChI is InChI=1S/C15H14N2O2/c1-11-9-14(18)17(15(19)13(11)10-16)8-7-12-5-3-2-4-6-12/h2-6,9,18H,7-8H2,1H3. The molecule has 4 nitrogen and oxygen atoms in total. The molecule has 1 aromatic heterocycles. The summed E-state index contributed by atoms with van der Waals surface area (Å²) < 4.78 is 1.23. The lowest BCUT2D eigenvalue weighted by Gasteiger charge is -2.10. The number of aromatic nitrogens is 1. The Hall–Kier alpha value is -2.54. The second kappa shape index (κ2) is 5.40. The minimum absolute atomic E-state index is 0.0888.